The largest absolute Gasteiger partial charge is 0.481 e. The maximum absolute atomic E-state index is 10.6. The predicted octanol–water partition coefficient (Wildman–Crippen LogP) is 2.07. The average molecular weight is 195 g/mol. The van der Waals surface area contributed by atoms with E-state index in [-0.39, 0.29) is 5.92 Å². The molecule has 0 heterocycles. The van der Waals surface area contributed by atoms with Crippen LogP contribution >= 0.6 is 23.2 Å². The fourth-order valence-corrected chi connectivity index (χ4v) is 1.72. The summed E-state index contributed by atoms with van der Waals surface area (Å²) in [7, 11) is 0. The summed E-state index contributed by atoms with van der Waals surface area (Å²) in [4.78, 5) is 9.94. The Kier molecular flexibility index (Phi) is 2.79. The first-order chi connectivity index (χ1) is 5.13. The van der Waals surface area contributed by atoms with Crippen molar-refractivity contribution in [1.82, 2.24) is 0 Å². The average Bonchev–Trinajstić information content (AvgIpc) is 2.32. The third-order valence-electron chi connectivity index (χ3n) is 1.82. The first-order valence-corrected chi connectivity index (χ1v) is 4.18. The number of alkyl halides is 2. The molecule has 0 fully saturated rings. The Morgan fingerprint density at radius 3 is 2.64 bits per heavy atom. The van der Waals surface area contributed by atoms with E-state index < -0.39 is 16.7 Å². The second-order valence-corrected chi connectivity index (χ2v) is 3.68. The van der Waals surface area contributed by atoms with Crippen molar-refractivity contribution < 1.29 is 9.90 Å². The number of hydrogen-bond acceptors (Lipinski definition) is 1. The molecule has 0 aromatic rings. The van der Waals surface area contributed by atoms with E-state index in [4.69, 9.17) is 28.3 Å². The van der Waals surface area contributed by atoms with Crippen LogP contribution in [0.15, 0.2) is 12.2 Å². The highest BCUT2D eigenvalue weighted by atomic mass is 35.5. The maximum Gasteiger partial charge on any atom is 0.307 e. The fourth-order valence-electron chi connectivity index (χ4n) is 1.20. The second-order valence-electron chi connectivity index (χ2n) is 2.52. The fraction of sp³-hybridized carbons (Fsp3) is 0.571. The normalized spacial score (nSPS) is 29.7. The third-order valence-corrected chi connectivity index (χ3v) is 2.40. The SMILES string of the molecule is O=C(O)C1CC=CC1C(Cl)Cl. The second kappa shape index (κ2) is 3.46. The molecule has 1 aliphatic carbocycles. The highest BCUT2D eigenvalue weighted by Gasteiger charge is 2.32. The number of carbonyl (C=O) groups is 1. The van der Waals surface area contributed by atoms with E-state index in [9.17, 15) is 4.79 Å². The molecule has 0 amide bonds. The van der Waals surface area contributed by atoms with Crippen LogP contribution < -0.4 is 0 Å². The van der Waals surface area contributed by atoms with E-state index in [1.807, 2.05) is 0 Å². The summed E-state index contributed by atoms with van der Waals surface area (Å²) in [5.74, 6) is -1.49. The molecule has 0 saturated carbocycles. The molecular weight excluding hydrogens is 187 g/mol. The van der Waals surface area contributed by atoms with Crippen LogP contribution in [0, 0.1) is 11.8 Å². The Labute approximate surface area is 74.8 Å². The van der Waals surface area contributed by atoms with E-state index in [2.05, 4.69) is 0 Å². The van der Waals surface area contributed by atoms with Crippen LogP contribution in [-0.2, 0) is 4.79 Å². The lowest BCUT2D eigenvalue weighted by Crippen LogP contribution is -2.22. The molecule has 2 atom stereocenters. The zero-order chi connectivity index (χ0) is 8.43. The van der Waals surface area contributed by atoms with Gasteiger partial charge in [0.05, 0.1) is 5.92 Å². The molecule has 0 aliphatic heterocycles. The highest BCUT2D eigenvalue weighted by Crippen LogP contribution is 2.32. The predicted molar refractivity (Wildman–Crippen MR) is 43.9 cm³/mol. The Morgan fingerprint density at radius 2 is 2.27 bits per heavy atom. The zero-order valence-electron chi connectivity index (χ0n) is 5.71. The van der Waals surface area contributed by atoms with Crippen LogP contribution in [0.5, 0.6) is 0 Å². The van der Waals surface area contributed by atoms with Crippen molar-refractivity contribution in [2.75, 3.05) is 0 Å². The molecular formula is C7H8Cl2O2. The summed E-state index contributed by atoms with van der Waals surface area (Å²) in [6.07, 6.45) is 4.11. The van der Waals surface area contributed by atoms with Crippen LogP contribution in [0.4, 0.5) is 0 Å². The van der Waals surface area contributed by atoms with E-state index in [0.717, 1.165) is 0 Å². The summed E-state index contributed by atoms with van der Waals surface area (Å²) in [5.41, 5.74) is 0. The van der Waals surface area contributed by atoms with Gasteiger partial charge in [-0.1, -0.05) is 12.2 Å². The first-order valence-electron chi connectivity index (χ1n) is 3.30. The quantitative estimate of drug-likeness (QED) is 0.540. The van der Waals surface area contributed by atoms with Crippen LogP contribution in [0.1, 0.15) is 6.42 Å². The number of halogens is 2. The van der Waals surface area contributed by atoms with Crippen LogP contribution in [0.2, 0.25) is 0 Å². The van der Waals surface area contributed by atoms with Crippen molar-refractivity contribution in [1.29, 1.82) is 0 Å². The molecule has 62 valence electrons. The number of rotatable bonds is 2. The summed E-state index contributed by atoms with van der Waals surface area (Å²) < 4.78 is 0. The maximum atomic E-state index is 10.6. The lowest BCUT2D eigenvalue weighted by Gasteiger charge is -2.15. The number of aliphatic carboxylic acids is 1. The van der Waals surface area contributed by atoms with Gasteiger partial charge < -0.3 is 5.11 Å². The van der Waals surface area contributed by atoms with Crippen molar-refractivity contribution in [2.45, 2.75) is 11.3 Å². The molecule has 4 heteroatoms. The molecule has 0 radical (unpaired) electrons. The van der Waals surface area contributed by atoms with Gasteiger partial charge in [-0.3, -0.25) is 4.79 Å². The standard InChI is InChI=1S/C7H8Cl2O2/c8-6(9)4-2-1-3-5(4)7(10)11/h1-2,4-6H,3H2,(H,10,11). The van der Waals surface area contributed by atoms with Crippen molar-refractivity contribution in [3.8, 4) is 0 Å². The molecule has 2 unspecified atom stereocenters. The molecule has 0 saturated heterocycles. The van der Waals surface area contributed by atoms with Gasteiger partial charge in [0.1, 0.15) is 4.84 Å². The molecule has 0 aromatic carbocycles. The van der Waals surface area contributed by atoms with Crippen molar-refractivity contribution >= 4 is 29.2 Å². The highest BCUT2D eigenvalue weighted by molar-refractivity contribution is 6.44. The van der Waals surface area contributed by atoms with Crippen LogP contribution in [0.25, 0.3) is 0 Å². The van der Waals surface area contributed by atoms with Crippen molar-refractivity contribution in [2.24, 2.45) is 11.8 Å². The Bertz CT molecular complexity index is 189. The van der Waals surface area contributed by atoms with Crippen molar-refractivity contribution in [3.05, 3.63) is 12.2 Å². The van der Waals surface area contributed by atoms with Gasteiger partial charge in [-0.05, 0) is 6.42 Å². The lowest BCUT2D eigenvalue weighted by atomic mass is 9.98. The third kappa shape index (κ3) is 1.88. The molecule has 1 rings (SSSR count). The monoisotopic (exact) mass is 194 g/mol. The van der Waals surface area contributed by atoms with Crippen molar-refractivity contribution in [3.63, 3.8) is 0 Å². The molecule has 1 aliphatic rings. The van der Waals surface area contributed by atoms with Gasteiger partial charge in [-0.25, -0.2) is 0 Å². The molecule has 2 nitrogen and oxygen atoms in total. The van der Waals surface area contributed by atoms with Gasteiger partial charge in [-0.15, -0.1) is 23.2 Å². The Balaban J connectivity index is 2.63. The molecule has 0 spiro atoms. The van der Waals surface area contributed by atoms with Gasteiger partial charge in [0.25, 0.3) is 0 Å². The van der Waals surface area contributed by atoms with Gasteiger partial charge in [0, 0.05) is 5.92 Å². The van der Waals surface area contributed by atoms with Crippen LogP contribution in [0.3, 0.4) is 0 Å². The Hall–Kier alpha value is -0.210. The van der Waals surface area contributed by atoms with E-state index >= 15 is 0 Å². The van der Waals surface area contributed by atoms with Gasteiger partial charge in [-0.2, -0.15) is 0 Å². The summed E-state index contributed by atoms with van der Waals surface area (Å²) in [6, 6.07) is 0. The smallest absolute Gasteiger partial charge is 0.307 e. The minimum atomic E-state index is -0.827. The van der Waals surface area contributed by atoms with E-state index in [1.54, 1.807) is 12.2 Å². The summed E-state index contributed by atoms with van der Waals surface area (Å²) in [6.45, 7) is 0. The summed E-state index contributed by atoms with van der Waals surface area (Å²) >= 11 is 11.1. The number of carboxylic acids is 1. The number of hydrogen-bond donors (Lipinski definition) is 1. The number of carboxylic acid groups (broad SMARTS) is 1. The molecule has 1 N–H and O–H groups in total. The first kappa shape index (κ1) is 8.88. The minimum absolute atomic E-state index is 0.226. The van der Waals surface area contributed by atoms with Crippen LogP contribution in [-0.4, -0.2) is 15.9 Å². The number of allylic oxidation sites excluding steroid dienone is 2. The van der Waals surface area contributed by atoms with Gasteiger partial charge in [0.2, 0.25) is 0 Å². The van der Waals surface area contributed by atoms with Gasteiger partial charge in [0.15, 0.2) is 0 Å². The molecule has 0 bridgehead atoms. The van der Waals surface area contributed by atoms with E-state index in [1.165, 1.54) is 0 Å². The topological polar surface area (TPSA) is 37.3 Å². The van der Waals surface area contributed by atoms with E-state index in [0.29, 0.717) is 6.42 Å². The zero-order valence-corrected chi connectivity index (χ0v) is 7.22. The van der Waals surface area contributed by atoms with Gasteiger partial charge >= 0.3 is 5.97 Å². The lowest BCUT2D eigenvalue weighted by molar-refractivity contribution is -0.142. The minimum Gasteiger partial charge on any atom is -0.481 e. The molecule has 11 heavy (non-hydrogen) atoms. The Morgan fingerprint density at radius 1 is 1.64 bits per heavy atom. The molecule has 0 aromatic heterocycles. The summed E-state index contributed by atoms with van der Waals surface area (Å²) in [5, 5.41) is 8.68.